The number of hydrogen-bond acceptors (Lipinski definition) is 5. The van der Waals surface area contributed by atoms with Crippen LogP contribution >= 0.6 is 0 Å². The minimum Gasteiger partial charge on any atom is -0.442 e. The predicted octanol–water partition coefficient (Wildman–Crippen LogP) is 0.667. The predicted molar refractivity (Wildman–Crippen MR) is 72.6 cm³/mol. The molecule has 2 heterocycles. The summed E-state index contributed by atoms with van der Waals surface area (Å²) in [7, 11) is 0. The zero-order valence-corrected chi connectivity index (χ0v) is 11.6. The van der Waals surface area contributed by atoms with Gasteiger partial charge >= 0.3 is 0 Å². The molecule has 0 aliphatic carbocycles. The van der Waals surface area contributed by atoms with Crippen LogP contribution in [-0.2, 0) is 0 Å². The van der Waals surface area contributed by atoms with Crippen LogP contribution in [0.4, 0.5) is 0 Å². The van der Waals surface area contributed by atoms with Gasteiger partial charge in [-0.05, 0) is 20.8 Å². The number of furan rings is 1. The van der Waals surface area contributed by atoms with Crippen molar-refractivity contribution in [2.75, 3.05) is 13.2 Å². The Balaban J connectivity index is 2.59. The molecule has 7 nitrogen and oxygen atoms in total. The second-order valence-corrected chi connectivity index (χ2v) is 4.76. The number of nitrogens with one attached hydrogen (secondary N) is 1. The minimum atomic E-state index is -0.414. The molecule has 0 aromatic carbocycles. The van der Waals surface area contributed by atoms with Gasteiger partial charge in [-0.15, -0.1) is 0 Å². The summed E-state index contributed by atoms with van der Waals surface area (Å²) >= 11 is 0. The van der Waals surface area contributed by atoms with E-state index in [1.807, 2.05) is 13.8 Å². The number of carbonyl (C=O) groups is 1. The first-order valence-corrected chi connectivity index (χ1v) is 6.36. The van der Waals surface area contributed by atoms with Crippen molar-refractivity contribution in [3.63, 3.8) is 0 Å². The third-order valence-corrected chi connectivity index (χ3v) is 3.11. The number of nitrogens with zero attached hydrogens (tertiary/aromatic N) is 2. The van der Waals surface area contributed by atoms with E-state index >= 15 is 0 Å². The summed E-state index contributed by atoms with van der Waals surface area (Å²) in [5.74, 6) is 0.00147. The molecule has 0 saturated carbocycles. The highest BCUT2D eigenvalue weighted by Gasteiger charge is 2.27. The van der Waals surface area contributed by atoms with E-state index in [0.29, 0.717) is 5.76 Å². The first-order chi connectivity index (χ1) is 9.47. The number of fused-ring (bicyclic) bond motifs is 1. The Morgan fingerprint density at radius 2 is 2.25 bits per heavy atom. The molecule has 0 spiro atoms. The van der Waals surface area contributed by atoms with Crippen LogP contribution < -0.4 is 5.56 Å². The van der Waals surface area contributed by atoms with E-state index < -0.39 is 5.56 Å². The third kappa shape index (κ3) is 2.32. The van der Waals surface area contributed by atoms with Crippen LogP contribution in [0.2, 0.25) is 0 Å². The standard InChI is InChI=1S/C13H17N3O4/c1-7(2)16(4-5-17)13(19)9-8(3)20-12-10(9)11(18)14-6-15-12/h6-7,17H,4-5H2,1-3H3,(H,14,15,18). The minimum absolute atomic E-state index is 0.102. The van der Waals surface area contributed by atoms with E-state index in [2.05, 4.69) is 9.97 Å². The maximum absolute atomic E-state index is 12.6. The third-order valence-electron chi connectivity index (χ3n) is 3.11. The normalized spacial score (nSPS) is 11.2. The molecular weight excluding hydrogens is 262 g/mol. The lowest BCUT2D eigenvalue weighted by molar-refractivity contribution is 0.0665. The second-order valence-electron chi connectivity index (χ2n) is 4.76. The number of aliphatic hydroxyl groups is 1. The first-order valence-electron chi connectivity index (χ1n) is 6.36. The Morgan fingerprint density at radius 3 is 2.85 bits per heavy atom. The van der Waals surface area contributed by atoms with Crippen molar-refractivity contribution >= 4 is 17.0 Å². The number of aliphatic hydroxyl groups excluding tert-OH is 1. The number of rotatable bonds is 4. The summed E-state index contributed by atoms with van der Waals surface area (Å²) in [6.45, 7) is 5.35. The van der Waals surface area contributed by atoms with Crippen LogP contribution in [0.15, 0.2) is 15.5 Å². The van der Waals surface area contributed by atoms with Gasteiger partial charge in [0.1, 0.15) is 11.1 Å². The number of hydrogen-bond donors (Lipinski definition) is 2. The molecule has 2 aromatic heterocycles. The highest BCUT2D eigenvalue weighted by Crippen LogP contribution is 2.22. The molecule has 0 atom stereocenters. The van der Waals surface area contributed by atoms with Gasteiger partial charge in [0.25, 0.3) is 11.5 Å². The van der Waals surface area contributed by atoms with Gasteiger partial charge in [0.05, 0.1) is 18.5 Å². The van der Waals surface area contributed by atoms with Crippen LogP contribution in [0, 0.1) is 6.92 Å². The summed E-state index contributed by atoms with van der Waals surface area (Å²) in [6.07, 6.45) is 1.23. The molecule has 2 rings (SSSR count). The van der Waals surface area contributed by atoms with Gasteiger partial charge in [-0.2, -0.15) is 0 Å². The molecule has 0 radical (unpaired) electrons. The van der Waals surface area contributed by atoms with Gasteiger partial charge in [-0.3, -0.25) is 9.59 Å². The maximum Gasteiger partial charge on any atom is 0.262 e. The van der Waals surface area contributed by atoms with E-state index in [-0.39, 0.29) is 41.8 Å². The van der Waals surface area contributed by atoms with Crippen molar-refractivity contribution in [1.29, 1.82) is 0 Å². The lowest BCUT2D eigenvalue weighted by Crippen LogP contribution is -2.39. The summed E-state index contributed by atoms with van der Waals surface area (Å²) in [6, 6.07) is -0.102. The molecule has 2 aromatic rings. The van der Waals surface area contributed by atoms with Gasteiger partial charge in [-0.1, -0.05) is 0 Å². The van der Waals surface area contributed by atoms with Gasteiger partial charge in [0.2, 0.25) is 5.71 Å². The summed E-state index contributed by atoms with van der Waals surface area (Å²) in [4.78, 5) is 32.3. The summed E-state index contributed by atoms with van der Waals surface area (Å²) in [5, 5.41) is 9.22. The van der Waals surface area contributed by atoms with Crippen LogP contribution in [0.1, 0.15) is 30.0 Å². The lowest BCUT2D eigenvalue weighted by atomic mass is 10.1. The Labute approximate surface area is 115 Å². The van der Waals surface area contributed by atoms with Crippen LogP contribution in [0.3, 0.4) is 0 Å². The zero-order chi connectivity index (χ0) is 14.9. The van der Waals surface area contributed by atoms with E-state index in [9.17, 15) is 9.59 Å². The van der Waals surface area contributed by atoms with Gasteiger partial charge in [-0.25, -0.2) is 4.98 Å². The molecule has 0 saturated heterocycles. The zero-order valence-electron chi connectivity index (χ0n) is 11.6. The lowest BCUT2D eigenvalue weighted by Gasteiger charge is -2.25. The van der Waals surface area contributed by atoms with Crippen LogP contribution in [0.25, 0.3) is 11.1 Å². The van der Waals surface area contributed by atoms with Gasteiger partial charge < -0.3 is 19.4 Å². The highest BCUT2D eigenvalue weighted by atomic mass is 16.3. The van der Waals surface area contributed by atoms with Gasteiger partial charge in [0, 0.05) is 12.6 Å². The van der Waals surface area contributed by atoms with E-state index in [0.717, 1.165) is 0 Å². The van der Waals surface area contributed by atoms with E-state index in [1.165, 1.54) is 11.2 Å². The molecule has 2 N–H and O–H groups in total. The fourth-order valence-corrected chi connectivity index (χ4v) is 2.16. The monoisotopic (exact) mass is 279 g/mol. The summed E-state index contributed by atoms with van der Waals surface area (Å²) < 4.78 is 5.37. The molecular formula is C13H17N3O4. The highest BCUT2D eigenvalue weighted by molar-refractivity contribution is 6.06. The molecule has 0 bridgehead atoms. The number of aryl methyl sites for hydroxylation is 1. The molecule has 0 unspecified atom stereocenters. The number of amides is 1. The average Bonchev–Trinajstić information content (AvgIpc) is 2.72. The van der Waals surface area contributed by atoms with Crippen molar-refractivity contribution in [3.05, 3.63) is 28.0 Å². The van der Waals surface area contributed by atoms with Crippen molar-refractivity contribution in [3.8, 4) is 0 Å². The molecule has 7 heteroatoms. The van der Waals surface area contributed by atoms with Crippen molar-refractivity contribution in [2.24, 2.45) is 0 Å². The SMILES string of the molecule is Cc1oc2nc[nH]c(=O)c2c1C(=O)N(CCO)C(C)C. The Morgan fingerprint density at radius 1 is 1.55 bits per heavy atom. The second kappa shape index (κ2) is 5.46. The Bertz CT molecular complexity index is 686. The smallest absolute Gasteiger partial charge is 0.262 e. The quantitative estimate of drug-likeness (QED) is 0.856. The van der Waals surface area contributed by atoms with Crippen molar-refractivity contribution in [2.45, 2.75) is 26.8 Å². The number of H-pyrrole nitrogens is 1. The summed E-state index contributed by atoms with van der Waals surface area (Å²) in [5.41, 5.74) is -0.0679. The largest absolute Gasteiger partial charge is 0.442 e. The van der Waals surface area contributed by atoms with Gasteiger partial charge in [0.15, 0.2) is 0 Å². The molecule has 1 amide bonds. The Hall–Kier alpha value is -2.15. The molecule has 20 heavy (non-hydrogen) atoms. The number of carbonyl (C=O) groups excluding carboxylic acids is 1. The van der Waals surface area contributed by atoms with Crippen LogP contribution in [-0.4, -0.2) is 45.1 Å². The molecule has 108 valence electrons. The van der Waals surface area contributed by atoms with Crippen molar-refractivity contribution in [1.82, 2.24) is 14.9 Å². The maximum atomic E-state index is 12.6. The molecule has 0 fully saturated rings. The van der Waals surface area contributed by atoms with Crippen LogP contribution in [0.5, 0.6) is 0 Å². The fourth-order valence-electron chi connectivity index (χ4n) is 2.16. The number of aromatic amines is 1. The fraction of sp³-hybridized carbons (Fsp3) is 0.462. The molecule has 0 aliphatic rings. The average molecular weight is 279 g/mol. The van der Waals surface area contributed by atoms with Crippen molar-refractivity contribution < 1.29 is 14.3 Å². The molecule has 0 aliphatic heterocycles. The van der Waals surface area contributed by atoms with E-state index in [4.69, 9.17) is 9.52 Å². The topological polar surface area (TPSA) is 99.4 Å². The number of aromatic nitrogens is 2. The Kier molecular flexibility index (Phi) is 3.89. The van der Waals surface area contributed by atoms with E-state index in [1.54, 1.807) is 6.92 Å². The first kappa shape index (κ1) is 14.3.